The van der Waals surface area contributed by atoms with E-state index in [1.807, 2.05) is 0 Å². The highest BCUT2D eigenvalue weighted by molar-refractivity contribution is 5.80. The van der Waals surface area contributed by atoms with Crippen molar-refractivity contribution in [3.8, 4) is 22.6 Å². The maximum absolute atomic E-state index is 13.4. The third kappa shape index (κ3) is 4.20. The summed E-state index contributed by atoms with van der Waals surface area (Å²) in [6.07, 6.45) is -0.649. The lowest BCUT2D eigenvalue weighted by atomic mass is 10.1. The fourth-order valence-electron chi connectivity index (χ4n) is 3.96. The average molecular weight is 482 g/mol. The highest BCUT2D eigenvalue weighted by Crippen LogP contribution is 2.31. The van der Waals surface area contributed by atoms with E-state index in [1.54, 1.807) is 37.3 Å². The van der Waals surface area contributed by atoms with Gasteiger partial charge in [0.15, 0.2) is 5.69 Å². The molecular weight excluding hydrogens is 464 g/mol. The number of alkyl halides is 3. The molecule has 11 heteroatoms. The van der Waals surface area contributed by atoms with Gasteiger partial charge in [0, 0.05) is 30.6 Å². The van der Waals surface area contributed by atoms with E-state index in [9.17, 15) is 22.4 Å². The standard InChI is InChI=1S/C24H18F4N6O/c1-13-7-21(25)30-9-16(13)17-8-19-18(10-29-17)31-23(35)34(19)11-14-3-5-15(6-4-14)22-32-20(12-33(22)2)24(26,27)28/h3-10,12H,11H2,1-2H3,(H,31,35). The van der Waals surface area contributed by atoms with Crippen LogP contribution in [0.5, 0.6) is 0 Å². The highest BCUT2D eigenvalue weighted by Gasteiger charge is 2.34. The van der Waals surface area contributed by atoms with Crippen molar-refractivity contribution < 1.29 is 17.6 Å². The van der Waals surface area contributed by atoms with E-state index in [0.29, 0.717) is 33.4 Å². The number of aromatic amines is 1. The predicted molar refractivity (Wildman–Crippen MR) is 121 cm³/mol. The van der Waals surface area contributed by atoms with Gasteiger partial charge in [0.1, 0.15) is 5.82 Å². The third-order valence-electron chi connectivity index (χ3n) is 5.73. The van der Waals surface area contributed by atoms with Crippen LogP contribution < -0.4 is 5.69 Å². The molecule has 1 N–H and O–H groups in total. The second-order valence-corrected chi connectivity index (χ2v) is 8.18. The number of pyridine rings is 2. The molecule has 0 saturated carbocycles. The predicted octanol–water partition coefficient (Wildman–Crippen LogP) is 4.70. The second kappa shape index (κ2) is 8.19. The highest BCUT2D eigenvalue weighted by atomic mass is 19.4. The molecular formula is C24H18F4N6O. The molecule has 0 saturated heterocycles. The van der Waals surface area contributed by atoms with E-state index >= 15 is 0 Å². The Bertz CT molecular complexity index is 1610. The van der Waals surface area contributed by atoms with Gasteiger partial charge in [-0.1, -0.05) is 24.3 Å². The van der Waals surface area contributed by atoms with E-state index in [-0.39, 0.29) is 18.1 Å². The molecule has 0 unspecified atom stereocenters. The Kier molecular flexibility index (Phi) is 5.27. The first-order valence-electron chi connectivity index (χ1n) is 10.5. The second-order valence-electron chi connectivity index (χ2n) is 8.18. The minimum atomic E-state index is -4.53. The van der Waals surface area contributed by atoms with Gasteiger partial charge in [-0.2, -0.15) is 17.6 Å². The molecule has 0 atom stereocenters. The monoisotopic (exact) mass is 482 g/mol. The van der Waals surface area contributed by atoms with Crippen molar-refractivity contribution in [2.24, 2.45) is 7.05 Å². The summed E-state index contributed by atoms with van der Waals surface area (Å²) < 4.78 is 55.2. The van der Waals surface area contributed by atoms with Crippen LogP contribution in [0, 0.1) is 12.9 Å². The zero-order valence-electron chi connectivity index (χ0n) is 18.6. The van der Waals surface area contributed by atoms with Gasteiger partial charge in [0.25, 0.3) is 0 Å². The van der Waals surface area contributed by atoms with E-state index in [0.717, 1.165) is 11.8 Å². The molecule has 5 rings (SSSR count). The Morgan fingerprint density at radius 1 is 1.06 bits per heavy atom. The van der Waals surface area contributed by atoms with Gasteiger partial charge in [0.05, 0.1) is 29.5 Å². The summed E-state index contributed by atoms with van der Waals surface area (Å²) in [4.78, 5) is 27.2. The first-order chi connectivity index (χ1) is 16.6. The van der Waals surface area contributed by atoms with Gasteiger partial charge in [0.2, 0.25) is 5.95 Å². The Morgan fingerprint density at radius 3 is 2.46 bits per heavy atom. The largest absolute Gasteiger partial charge is 0.434 e. The zero-order valence-corrected chi connectivity index (χ0v) is 18.6. The molecule has 0 amide bonds. The van der Waals surface area contributed by atoms with Gasteiger partial charge in [-0.05, 0) is 30.2 Å². The summed E-state index contributed by atoms with van der Waals surface area (Å²) in [5.41, 5.74) is 2.97. The Hall–Kier alpha value is -4.28. The number of hydrogen-bond acceptors (Lipinski definition) is 4. The molecule has 0 fully saturated rings. The lowest BCUT2D eigenvalue weighted by molar-refractivity contribution is -0.140. The summed E-state index contributed by atoms with van der Waals surface area (Å²) in [6.45, 7) is 1.97. The normalized spacial score (nSPS) is 11.9. The van der Waals surface area contributed by atoms with Crippen LogP contribution in [-0.4, -0.2) is 29.1 Å². The molecule has 0 aliphatic rings. The van der Waals surface area contributed by atoms with E-state index in [1.165, 1.54) is 34.6 Å². The van der Waals surface area contributed by atoms with E-state index in [4.69, 9.17) is 0 Å². The summed E-state index contributed by atoms with van der Waals surface area (Å²) >= 11 is 0. The Labute approximate surface area is 195 Å². The van der Waals surface area contributed by atoms with E-state index in [2.05, 4.69) is 19.9 Å². The summed E-state index contributed by atoms with van der Waals surface area (Å²) in [6, 6.07) is 9.84. The van der Waals surface area contributed by atoms with Gasteiger partial charge in [-0.3, -0.25) is 9.55 Å². The molecule has 4 heterocycles. The van der Waals surface area contributed by atoms with Crippen LogP contribution in [0.3, 0.4) is 0 Å². The quantitative estimate of drug-likeness (QED) is 0.297. The maximum Gasteiger partial charge on any atom is 0.434 e. The number of aryl methyl sites for hydroxylation is 2. The van der Waals surface area contributed by atoms with Crippen LogP contribution in [0.1, 0.15) is 16.8 Å². The molecule has 0 spiro atoms. The van der Waals surface area contributed by atoms with Crippen molar-refractivity contribution in [3.05, 3.63) is 88.2 Å². The summed E-state index contributed by atoms with van der Waals surface area (Å²) in [5.74, 6) is -0.401. The zero-order chi connectivity index (χ0) is 24.9. The van der Waals surface area contributed by atoms with Gasteiger partial charge in [-0.15, -0.1) is 0 Å². The number of H-pyrrole nitrogens is 1. The lowest BCUT2D eigenvalue weighted by Crippen LogP contribution is -2.17. The first kappa shape index (κ1) is 22.5. The average Bonchev–Trinajstić information content (AvgIpc) is 3.34. The molecule has 5 aromatic rings. The molecule has 35 heavy (non-hydrogen) atoms. The minimum Gasteiger partial charge on any atom is -0.333 e. The van der Waals surface area contributed by atoms with Crippen molar-refractivity contribution in [1.82, 2.24) is 29.1 Å². The van der Waals surface area contributed by atoms with Crippen LogP contribution in [0.15, 0.2) is 59.8 Å². The van der Waals surface area contributed by atoms with Gasteiger partial charge < -0.3 is 9.55 Å². The number of benzene rings is 1. The fourth-order valence-corrected chi connectivity index (χ4v) is 3.96. The SMILES string of the molecule is Cc1cc(F)ncc1-c1cc2c(cn1)[nH]c(=O)n2Cc1ccc(-c2nc(C(F)(F)F)cn2C)cc1. The fraction of sp³-hybridized carbons (Fsp3) is 0.167. The number of rotatable bonds is 4. The summed E-state index contributed by atoms with van der Waals surface area (Å²) in [5, 5.41) is 0. The number of nitrogens with one attached hydrogen (secondary N) is 1. The molecule has 1 aromatic carbocycles. The topological polar surface area (TPSA) is 81.4 Å². The number of hydrogen-bond donors (Lipinski definition) is 1. The molecule has 0 bridgehead atoms. The van der Waals surface area contributed by atoms with Crippen LogP contribution >= 0.6 is 0 Å². The van der Waals surface area contributed by atoms with Crippen molar-refractivity contribution in [2.75, 3.05) is 0 Å². The van der Waals surface area contributed by atoms with Gasteiger partial charge in [-0.25, -0.2) is 14.8 Å². The van der Waals surface area contributed by atoms with Crippen LogP contribution in [0.4, 0.5) is 17.6 Å². The van der Waals surface area contributed by atoms with Gasteiger partial charge >= 0.3 is 11.9 Å². The Balaban J connectivity index is 1.47. The number of halogens is 4. The maximum atomic E-state index is 13.4. The van der Waals surface area contributed by atoms with Crippen LogP contribution in [0.2, 0.25) is 0 Å². The number of nitrogens with zero attached hydrogens (tertiary/aromatic N) is 5. The number of fused-ring (bicyclic) bond motifs is 1. The molecule has 178 valence electrons. The molecule has 0 aliphatic carbocycles. The number of aromatic nitrogens is 6. The van der Waals surface area contributed by atoms with Crippen molar-refractivity contribution in [3.63, 3.8) is 0 Å². The first-order valence-corrected chi connectivity index (χ1v) is 10.5. The van der Waals surface area contributed by atoms with Crippen molar-refractivity contribution in [1.29, 1.82) is 0 Å². The minimum absolute atomic E-state index is 0.187. The molecule has 0 radical (unpaired) electrons. The Morgan fingerprint density at radius 2 is 1.80 bits per heavy atom. The van der Waals surface area contributed by atoms with Crippen molar-refractivity contribution in [2.45, 2.75) is 19.6 Å². The van der Waals surface area contributed by atoms with E-state index < -0.39 is 17.8 Å². The van der Waals surface area contributed by atoms with Crippen molar-refractivity contribution >= 4 is 11.0 Å². The van der Waals surface area contributed by atoms with Crippen LogP contribution in [0.25, 0.3) is 33.7 Å². The molecule has 0 aliphatic heterocycles. The molecule has 7 nitrogen and oxygen atoms in total. The van der Waals surface area contributed by atoms with Crippen LogP contribution in [-0.2, 0) is 19.8 Å². The summed E-state index contributed by atoms with van der Waals surface area (Å²) in [7, 11) is 1.50. The third-order valence-corrected chi connectivity index (χ3v) is 5.73. The smallest absolute Gasteiger partial charge is 0.333 e. The number of imidazole rings is 2. The lowest BCUT2D eigenvalue weighted by Gasteiger charge is -2.08. The molecule has 4 aromatic heterocycles.